The second-order valence-electron chi connectivity index (χ2n) is 5.64. The summed E-state index contributed by atoms with van der Waals surface area (Å²) in [4.78, 5) is 18.0. The Balaban J connectivity index is 1.89. The fraction of sp³-hybridized carbons (Fsp3) is 0. The molecule has 0 bridgehead atoms. The molecule has 0 amide bonds. The Kier molecular flexibility index (Phi) is 4.18. The molecule has 2 aromatic carbocycles. The average Bonchev–Trinajstić information content (AvgIpc) is 3.12. The fourth-order valence-corrected chi connectivity index (χ4v) is 3.64. The lowest BCUT2D eigenvalue weighted by Gasteiger charge is -2.03. The van der Waals surface area contributed by atoms with E-state index < -0.39 is 0 Å². The summed E-state index contributed by atoms with van der Waals surface area (Å²) in [5.74, 6) is 0. The van der Waals surface area contributed by atoms with Crippen molar-refractivity contribution in [2.24, 2.45) is 0 Å². The summed E-state index contributed by atoms with van der Waals surface area (Å²) in [6.07, 6.45) is 3.57. The first-order valence-corrected chi connectivity index (χ1v) is 8.89. The van der Waals surface area contributed by atoms with Crippen LogP contribution in [0, 0.1) is 11.3 Å². The van der Waals surface area contributed by atoms with Crippen LogP contribution in [0.1, 0.15) is 16.8 Å². The van der Waals surface area contributed by atoms with E-state index in [0.29, 0.717) is 10.7 Å². The van der Waals surface area contributed by atoms with Crippen LogP contribution in [0.2, 0.25) is 0 Å². The third-order valence-electron chi connectivity index (χ3n) is 4.01. The number of nitrogens with zero attached hydrogens (tertiary/aromatic N) is 3. The van der Waals surface area contributed by atoms with Crippen molar-refractivity contribution in [1.82, 2.24) is 9.38 Å². The predicted octanol–water partition coefficient (Wildman–Crippen LogP) is 4.47. The van der Waals surface area contributed by atoms with E-state index in [1.165, 1.54) is 15.7 Å². The quantitative estimate of drug-likeness (QED) is 0.545. The molecule has 2 heterocycles. The predicted molar refractivity (Wildman–Crippen MR) is 105 cm³/mol. The highest BCUT2D eigenvalue weighted by atomic mass is 32.1. The highest BCUT2D eigenvalue weighted by Crippen LogP contribution is 2.24. The number of aromatic nitrogens is 2. The molecule has 0 radical (unpaired) electrons. The molecule has 0 N–H and O–H groups in total. The van der Waals surface area contributed by atoms with Crippen molar-refractivity contribution in [2.75, 3.05) is 0 Å². The summed E-state index contributed by atoms with van der Waals surface area (Å²) in [7, 11) is 0. The van der Waals surface area contributed by atoms with Crippen LogP contribution in [0.5, 0.6) is 0 Å². The number of rotatable bonds is 3. The maximum Gasteiger partial charge on any atom is 0.277 e. The number of thiazole rings is 1. The van der Waals surface area contributed by atoms with Crippen molar-refractivity contribution < 1.29 is 0 Å². The molecule has 4 aromatic rings. The number of benzene rings is 2. The minimum Gasteiger partial charge on any atom is -0.267 e. The summed E-state index contributed by atoms with van der Waals surface area (Å²) >= 11 is 1.39. The van der Waals surface area contributed by atoms with Gasteiger partial charge in [0.15, 0.2) is 4.96 Å². The van der Waals surface area contributed by atoms with Crippen molar-refractivity contribution in [3.05, 3.63) is 93.2 Å². The van der Waals surface area contributed by atoms with Gasteiger partial charge in [-0.1, -0.05) is 66.7 Å². The maximum atomic E-state index is 12.9. The minimum absolute atomic E-state index is 0.0465. The molecular formula is C21H13N3OS. The second kappa shape index (κ2) is 6.79. The molecule has 5 heteroatoms. The summed E-state index contributed by atoms with van der Waals surface area (Å²) < 4.78 is 1.51. The summed E-state index contributed by atoms with van der Waals surface area (Å²) in [6, 6.07) is 21.3. The average molecular weight is 355 g/mol. The van der Waals surface area contributed by atoms with E-state index in [9.17, 15) is 10.1 Å². The number of nitriles is 1. The van der Waals surface area contributed by atoms with Gasteiger partial charge in [-0.2, -0.15) is 5.26 Å². The molecule has 0 atom stereocenters. The number of fused-ring (bicyclic) bond motifs is 1. The van der Waals surface area contributed by atoms with E-state index in [4.69, 9.17) is 0 Å². The number of hydrogen-bond donors (Lipinski definition) is 0. The van der Waals surface area contributed by atoms with Gasteiger partial charge in [-0.05, 0) is 17.2 Å². The van der Waals surface area contributed by atoms with Gasteiger partial charge in [0.05, 0.1) is 11.4 Å². The molecule has 0 aliphatic carbocycles. The zero-order chi connectivity index (χ0) is 17.9. The van der Waals surface area contributed by atoms with Gasteiger partial charge in [-0.25, -0.2) is 9.38 Å². The molecule has 0 aliphatic rings. The van der Waals surface area contributed by atoms with Crippen molar-refractivity contribution >= 4 is 28.4 Å². The lowest BCUT2D eigenvalue weighted by molar-refractivity contribution is 1.06. The summed E-state index contributed by atoms with van der Waals surface area (Å²) in [6.45, 7) is 0. The molecule has 0 aliphatic heterocycles. The fourth-order valence-electron chi connectivity index (χ4n) is 2.74. The maximum absolute atomic E-state index is 12.9. The van der Waals surface area contributed by atoms with Crippen LogP contribution in [0.3, 0.4) is 0 Å². The van der Waals surface area contributed by atoms with E-state index in [2.05, 4.69) is 4.98 Å². The van der Waals surface area contributed by atoms with Crippen LogP contribution in [0.15, 0.2) is 70.8 Å². The van der Waals surface area contributed by atoms with Crippen LogP contribution >= 0.6 is 11.3 Å². The SMILES string of the molecule is N#Cc1c(C=Cc2ccccc2)nc2scc(-c3ccccc3)n2c1=O. The minimum atomic E-state index is -0.342. The standard InChI is InChI=1S/C21H13N3OS/c22-13-17-18(12-11-15-7-3-1-4-8-15)23-21-24(20(17)25)19(14-26-21)16-9-5-2-6-10-16/h1-12,14H. The number of hydrogen-bond acceptors (Lipinski definition) is 4. The van der Waals surface area contributed by atoms with Gasteiger partial charge < -0.3 is 0 Å². The van der Waals surface area contributed by atoms with Crippen LogP contribution in [-0.2, 0) is 0 Å². The van der Waals surface area contributed by atoms with E-state index in [0.717, 1.165) is 16.8 Å². The van der Waals surface area contributed by atoms with Gasteiger partial charge >= 0.3 is 0 Å². The molecular weight excluding hydrogens is 342 g/mol. The molecule has 0 unspecified atom stereocenters. The van der Waals surface area contributed by atoms with Crippen LogP contribution in [0.4, 0.5) is 0 Å². The molecule has 4 rings (SSSR count). The van der Waals surface area contributed by atoms with Crippen molar-refractivity contribution in [3.63, 3.8) is 0 Å². The molecule has 2 aromatic heterocycles. The van der Waals surface area contributed by atoms with Gasteiger partial charge in [-0.3, -0.25) is 4.79 Å². The van der Waals surface area contributed by atoms with Crippen molar-refractivity contribution in [1.29, 1.82) is 5.26 Å². The Morgan fingerprint density at radius 1 is 1.00 bits per heavy atom. The van der Waals surface area contributed by atoms with Gasteiger partial charge in [0.1, 0.15) is 11.6 Å². The zero-order valence-corrected chi connectivity index (χ0v) is 14.5. The highest BCUT2D eigenvalue weighted by Gasteiger charge is 2.15. The molecule has 0 spiro atoms. The Hall–Kier alpha value is -3.49. The van der Waals surface area contributed by atoms with Gasteiger partial charge in [0.25, 0.3) is 5.56 Å². The van der Waals surface area contributed by atoms with E-state index >= 15 is 0 Å². The molecule has 0 saturated carbocycles. The Bertz CT molecular complexity index is 1200. The lowest BCUT2D eigenvalue weighted by Crippen LogP contribution is -2.19. The topological polar surface area (TPSA) is 58.2 Å². The van der Waals surface area contributed by atoms with E-state index in [1.54, 1.807) is 6.08 Å². The Morgan fingerprint density at radius 3 is 2.38 bits per heavy atom. The van der Waals surface area contributed by atoms with Crippen molar-refractivity contribution in [2.45, 2.75) is 0 Å². The highest BCUT2D eigenvalue weighted by molar-refractivity contribution is 7.15. The largest absolute Gasteiger partial charge is 0.277 e. The van der Waals surface area contributed by atoms with Gasteiger partial charge in [0, 0.05) is 5.38 Å². The third kappa shape index (κ3) is 2.83. The van der Waals surface area contributed by atoms with Crippen LogP contribution in [0.25, 0.3) is 28.4 Å². The van der Waals surface area contributed by atoms with E-state index in [-0.39, 0.29) is 11.1 Å². The zero-order valence-electron chi connectivity index (χ0n) is 13.7. The van der Waals surface area contributed by atoms with E-state index in [1.807, 2.05) is 78.2 Å². The molecule has 0 saturated heterocycles. The lowest BCUT2D eigenvalue weighted by atomic mass is 10.1. The molecule has 124 valence electrons. The second-order valence-corrected chi connectivity index (χ2v) is 6.47. The first-order valence-electron chi connectivity index (χ1n) is 8.01. The first-order chi connectivity index (χ1) is 12.8. The van der Waals surface area contributed by atoms with Crippen LogP contribution in [-0.4, -0.2) is 9.38 Å². The molecule has 26 heavy (non-hydrogen) atoms. The Labute approximate surface area is 153 Å². The smallest absolute Gasteiger partial charge is 0.267 e. The molecule has 4 nitrogen and oxygen atoms in total. The van der Waals surface area contributed by atoms with Crippen LogP contribution < -0.4 is 5.56 Å². The van der Waals surface area contributed by atoms with Gasteiger partial charge in [-0.15, -0.1) is 11.3 Å². The summed E-state index contributed by atoms with van der Waals surface area (Å²) in [5.41, 5.74) is 2.74. The first kappa shape index (κ1) is 16.0. The third-order valence-corrected chi connectivity index (χ3v) is 4.84. The van der Waals surface area contributed by atoms with Crippen molar-refractivity contribution in [3.8, 4) is 17.3 Å². The molecule has 0 fully saturated rings. The Morgan fingerprint density at radius 2 is 1.69 bits per heavy atom. The normalized spacial score (nSPS) is 11.0. The van der Waals surface area contributed by atoms with Gasteiger partial charge in [0.2, 0.25) is 0 Å². The monoisotopic (exact) mass is 355 g/mol. The summed E-state index contributed by atoms with van der Waals surface area (Å²) in [5, 5.41) is 11.4.